The molecule has 0 spiro atoms. The number of rotatable bonds is 3. The number of ketones is 1. The van der Waals surface area contributed by atoms with E-state index in [0.29, 0.717) is 0 Å². The highest BCUT2D eigenvalue weighted by Crippen LogP contribution is 2.38. The summed E-state index contributed by atoms with van der Waals surface area (Å²) >= 11 is 0. The van der Waals surface area contributed by atoms with Crippen molar-refractivity contribution in [3.05, 3.63) is 70.8 Å². The molecule has 0 amide bonds. The fourth-order valence-corrected chi connectivity index (χ4v) is 2.63. The maximum Gasteiger partial charge on any atom is 0.169 e. The summed E-state index contributed by atoms with van der Waals surface area (Å²) < 4.78 is 27.0. The van der Waals surface area contributed by atoms with Crippen LogP contribution in [0.5, 0.6) is 0 Å². The maximum atomic E-state index is 13.5. The number of hydrogen-bond acceptors (Lipinski definition) is 1. The minimum absolute atomic E-state index is 0.0858. The lowest BCUT2D eigenvalue weighted by Crippen LogP contribution is -2.21. The highest BCUT2D eigenvalue weighted by atomic mass is 19.1. The van der Waals surface area contributed by atoms with Gasteiger partial charge in [0.2, 0.25) is 0 Å². The van der Waals surface area contributed by atoms with Crippen LogP contribution in [0.25, 0.3) is 0 Å². The average molecular weight is 258 g/mol. The molecule has 0 aromatic heterocycles. The lowest BCUT2D eigenvalue weighted by atomic mass is 9.74. The number of Topliss-reactive ketones (excluding diaryl/α,β-unsaturated/α-hetero) is 1. The third-order valence-corrected chi connectivity index (χ3v) is 3.63. The SMILES string of the molecule is O=C(CC1Cc2ccccc21)c1c(F)cccc1F. The van der Waals surface area contributed by atoms with E-state index in [4.69, 9.17) is 0 Å². The van der Waals surface area contributed by atoms with Gasteiger partial charge in [0.15, 0.2) is 5.78 Å². The fraction of sp³-hybridized carbons (Fsp3) is 0.188. The van der Waals surface area contributed by atoms with Crippen LogP contribution in [0.1, 0.15) is 33.8 Å². The molecular formula is C16H12F2O. The van der Waals surface area contributed by atoms with E-state index >= 15 is 0 Å². The minimum Gasteiger partial charge on any atom is -0.294 e. The first-order chi connectivity index (χ1) is 9.16. The van der Waals surface area contributed by atoms with Gasteiger partial charge < -0.3 is 0 Å². The average Bonchev–Trinajstić information content (AvgIpc) is 2.36. The van der Waals surface area contributed by atoms with Gasteiger partial charge in [-0.15, -0.1) is 0 Å². The maximum absolute atomic E-state index is 13.5. The monoisotopic (exact) mass is 258 g/mol. The van der Waals surface area contributed by atoms with Gasteiger partial charge in [-0.2, -0.15) is 0 Å². The van der Waals surface area contributed by atoms with Crippen LogP contribution in [0.2, 0.25) is 0 Å². The van der Waals surface area contributed by atoms with E-state index in [9.17, 15) is 13.6 Å². The lowest BCUT2D eigenvalue weighted by molar-refractivity contribution is 0.0962. The van der Waals surface area contributed by atoms with E-state index in [1.54, 1.807) is 0 Å². The first kappa shape index (κ1) is 12.0. The quantitative estimate of drug-likeness (QED) is 0.764. The van der Waals surface area contributed by atoms with Crippen molar-refractivity contribution >= 4 is 5.78 Å². The summed E-state index contributed by atoms with van der Waals surface area (Å²) in [6, 6.07) is 11.3. The molecule has 0 saturated carbocycles. The highest BCUT2D eigenvalue weighted by molar-refractivity contribution is 5.97. The van der Waals surface area contributed by atoms with Crippen molar-refractivity contribution in [2.75, 3.05) is 0 Å². The summed E-state index contributed by atoms with van der Waals surface area (Å²) in [7, 11) is 0. The Morgan fingerprint density at radius 3 is 2.42 bits per heavy atom. The van der Waals surface area contributed by atoms with E-state index in [-0.39, 0.29) is 12.3 Å². The molecule has 0 bridgehead atoms. The van der Waals surface area contributed by atoms with Crippen molar-refractivity contribution in [2.45, 2.75) is 18.8 Å². The van der Waals surface area contributed by atoms with Crippen LogP contribution in [0.4, 0.5) is 8.78 Å². The molecule has 0 N–H and O–H groups in total. The van der Waals surface area contributed by atoms with Crippen LogP contribution >= 0.6 is 0 Å². The minimum atomic E-state index is -0.780. The zero-order valence-electron chi connectivity index (χ0n) is 10.2. The Balaban J connectivity index is 1.81. The summed E-state index contributed by atoms with van der Waals surface area (Å²) in [5.74, 6) is -1.94. The largest absolute Gasteiger partial charge is 0.294 e. The van der Waals surface area contributed by atoms with Crippen molar-refractivity contribution in [1.29, 1.82) is 0 Å². The normalized spacial score (nSPS) is 16.6. The van der Waals surface area contributed by atoms with E-state index in [1.807, 2.05) is 24.3 Å². The topological polar surface area (TPSA) is 17.1 Å². The predicted octanol–water partition coefficient (Wildman–Crippen LogP) is 3.88. The standard InChI is InChI=1S/C16H12F2O/c17-13-6-3-7-14(18)16(13)15(19)9-11-8-10-4-1-2-5-12(10)11/h1-7,11H,8-9H2. The molecule has 2 aromatic rings. The van der Waals surface area contributed by atoms with Gasteiger partial charge in [0.05, 0.1) is 5.56 Å². The number of benzene rings is 2. The van der Waals surface area contributed by atoms with Crippen molar-refractivity contribution in [3.63, 3.8) is 0 Å². The molecule has 0 saturated heterocycles. The van der Waals surface area contributed by atoms with Crippen LogP contribution in [-0.2, 0) is 6.42 Å². The zero-order chi connectivity index (χ0) is 13.4. The first-order valence-electron chi connectivity index (χ1n) is 6.22. The van der Waals surface area contributed by atoms with E-state index in [1.165, 1.54) is 11.6 Å². The van der Waals surface area contributed by atoms with E-state index in [2.05, 4.69) is 0 Å². The summed E-state index contributed by atoms with van der Waals surface area (Å²) in [4.78, 5) is 12.0. The summed E-state index contributed by atoms with van der Waals surface area (Å²) in [6.07, 6.45) is 0.965. The van der Waals surface area contributed by atoms with Crippen molar-refractivity contribution in [2.24, 2.45) is 0 Å². The van der Waals surface area contributed by atoms with Gasteiger partial charge in [0.25, 0.3) is 0 Å². The van der Waals surface area contributed by atoms with Crippen LogP contribution < -0.4 is 0 Å². The van der Waals surface area contributed by atoms with Gasteiger partial charge in [0, 0.05) is 6.42 Å². The van der Waals surface area contributed by atoms with Crippen molar-refractivity contribution < 1.29 is 13.6 Å². The molecule has 0 radical (unpaired) electrons. The molecule has 1 atom stereocenters. The van der Waals surface area contributed by atoms with Crippen LogP contribution in [0.15, 0.2) is 42.5 Å². The molecule has 2 aromatic carbocycles. The van der Waals surface area contributed by atoms with Gasteiger partial charge in [0.1, 0.15) is 11.6 Å². The second-order valence-corrected chi connectivity index (χ2v) is 4.82. The van der Waals surface area contributed by atoms with Crippen LogP contribution in [-0.4, -0.2) is 5.78 Å². The predicted molar refractivity (Wildman–Crippen MR) is 68.2 cm³/mol. The second-order valence-electron chi connectivity index (χ2n) is 4.82. The van der Waals surface area contributed by atoms with Crippen LogP contribution in [0.3, 0.4) is 0 Å². The molecule has 1 aliphatic carbocycles. The van der Waals surface area contributed by atoms with Crippen LogP contribution in [0, 0.1) is 11.6 Å². The molecule has 1 unspecified atom stereocenters. The molecule has 0 aliphatic heterocycles. The van der Waals surface area contributed by atoms with Gasteiger partial charge in [-0.05, 0) is 35.6 Å². The molecule has 3 heteroatoms. The Labute approximate surface area is 109 Å². The van der Waals surface area contributed by atoms with Crippen molar-refractivity contribution in [1.82, 2.24) is 0 Å². The molecular weight excluding hydrogens is 246 g/mol. The third-order valence-electron chi connectivity index (χ3n) is 3.63. The molecule has 1 nitrogen and oxygen atoms in total. The Bertz CT molecular complexity index is 629. The Kier molecular flexibility index (Phi) is 2.90. The number of halogens is 2. The third kappa shape index (κ3) is 2.05. The smallest absolute Gasteiger partial charge is 0.169 e. The molecule has 1 aliphatic rings. The van der Waals surface area contributed by atoms with Gasteiger partial charge in [-0.25, -0.2) is 8.78 Å². The number of fused-ring (bicyclic) bond motifs is 1. The van der Waals surface area contributed by atoms with Gasteiger partial charge in [-0.1, -0.05) is 30.3 Å². The van der Waals surface area contributed by atoms with Crippen molar-refractivity contribution in [3.8, 4) is 0 Å². The number of carbonyl (C=O) groups excluding carboxylic acids is 1. The summed E-state index contributed by atoms with van der Waals surface area (Å²) in [6.45, 7) is 0. The summed E-state index contributed by atoms with van der Waals surface area (Å²) in [5.41, 5.74) is 1.92. The number of carbonyl (C=O) groups is 1. The lowest BCUT2D eigenvalue weighted by Gasteiger charge is -2.29. The molecule has 19 heavy (non-hydrogen) atoms. The number of hydrogen-bond donors (Lipinski definition) is 0. The molecule has 0 heterocycles. The Morgan fingerprint density at radius 2 is 1.74 bits per heavy atom. The Morgan fingerprint density at radius 1 is 1.05 bits per heavy atom. The fourth-order valence-electron chi connectivity index (χ4n) is 2.63. The Hall–Kier alpha value is -2.03. The molecule has 96 valence electrons. The first-order valence-corrected chi connectivity index (χ1v) is 6.22. The summed E-state index contributed by atoms with van der Waals surface area (Å²) in [5, 5.41) is 0. The second kappa shape index (κ2) is 4.57. The van der Waals surface area contributed by atoms with E-state index in [0.717, 1.165) is 24.1 Å². The molecule has 3 rings (SSSR count). The highest BCUT2D eigenvalue weighted by Gasteiger charge is 2.29. The zero-order valence-corrected chi connectivity index (χ0v) is 10.2. The van der Waals surface area contributed by atoms with E-state index < -0.39 is 23.0 Å². The molecule has 0 fully saturated rings. The van der Waals surface area contributed by atoms with Gasteiger partial charge in [-0.3, -0.25) is 4.79 Å². The van der Waals surface area contributed by atoms with Gasteiger partial charge >= 0.3 is 0 Å².